The highest BCUT2D eigenvalue weighted by Crippen LogP contribution is 2.42. The van der Waals surface area contributed by atoms with Gasteiger partial charge in [0.15, 0.2) is 11.9 Å². The second-order valence-corrected chi connectivity index (χ2v) is 13.5. The second kappa shape index (κ2) is 11.6. The number of nitrogens with zero attached hydrogens (tertiary/aromatic N) is 5. The third-order valence-corrected chi connectivity index (χ3v) is 8.89. The number of likely N-dealkylation sites (tertiary alicyclic amines) is 1. The van der Waals surface area contributed by atoms with Crippen LogP contribution >= 0.6 is 0 Å². The highest BCUT2D eigenvalue weighted by molar-refractivity contribution is 5.88. The van der Waals surface area contributed by atoms with Gasteiger partial charge in [0.25, 0.3) is 0 Å². The fourth-order valence-electron chi connectivity index (χ4n) is 6.41. The number of ether oxygens (including phenoxy) is 2. The van der Waals surface area contributed by atoms with E-state index in [-0.39, 0.29) is 17.8 Å². The summed E-state index contributed by atoms with van der Waals surface area (Å²) in [6.45, 7) is 13.4. The van der Waals surface area contributed by atoms with Crippen LogP contribution in [0.15, 0.2) is 29.4 Å². The molecule has 1 amide bonds. The standard InChI is InChI=1S/C32H47N5O4/c1-21(2)25-9-8-10-26(19-25)39-22(3)28-33-34-29(36(28)7)24-13-11-23(12-14-24)27-20-32(41-35-27)15-17-37(18-16-32)30(38)40-31(4,5)6/h8-10,19,21-24H,11-18,20H2,1-7H3. The van der Waals surface area contributed by atoms with Crippen LogP contribution in [0.5, 0.6) is 5.75 Å². The van der Waals surface area contributed by atoms with Crippen LogP contribution in [-0.4, -0.2) is 55.8 Å². The molecule has 9 nitrogen and oxygen atoms in total. The van der Waals surface area contributed by atoms with Crippen molar-refractivity contribution in [2.45, 2.75) is 116 Å². The van der Waals surface area contributed by atoms with Crippen molar-refractivity contribution in [2.24, 2.45) is 18.1 Å². The van der Waals surface area contributed by atoms with E-state index in [9.17, 15) is 4.79 Å². The van der Waals surface area contributed by atoms with E-state index >= 15 is 0 Å². The van der Waals surface area contributed by atoms with E-state index in [4.69, 9.17) is 14.3 Å². The average molecular weight is 566 g/mol. The number of hydrogen-bond donors (Lipinski definition) is 0. The van der Waals surface area contributed by atoms with Crippen molar-refractivity contribution in [1.82, 2.24) is 19.7 Å². The van der Waals surface area contributed by atoms with Crippen molar-refractivity contribution in [3.05, 3.63) is 41.5 Å². The molecule has 1 atom stereocenters. The minimum absolute atomic E-state index is 0.192. The van der Waals surface area contributed by atoms with Crippen LogP contribution in [0.25, 0.3) is 0 Å². The van der Waals surface area contributed by atoms with Gasteiger partial charge < -0.3 is 23.8 Å². The molecule has 0 N–H and O–H groups in total. The predicted molar refractivity (Wildman–Crippen MR) is 158 cm³/mol. The van der Waals surface area contributed by atoms with Crippen LogP contribution in [0.2, 0.25) is 0 Å². The van der Waals surface area contributed by atoms with Gasteiger partial charge in [-0.2, -0.15) is 0 Å². The molecule has 0 bridgehead atoms. The van der Waals surface area contributed by atoms with Gasteiger partial charge >= 0.3 is 6.09 Å². The van der Waals surface area contributed by atoms with Crippen LogP contribution in [0.4, 0.5) is 4.79 Å². The molecule has 0 radical (unpaired) electrons. The van der Waals surface area contributed by atoms with Crippen molar-refractivity contribution in [1.29, 1.82) is 0 Å². The molecule has 1 saturated carbocycles. The third kappa shape index (κ3) is 6.70. The molecule has 2 aliphatic heterocycles. The zero-order chi connectivity index (χ0) is 29.4. The minimum atomic E-state index is -0.482. The fourth-order valence-corrected chi connectivity index (χ4v) is 6.41. The molecule has 224 valence electrons. The molecule has 1 spiro atoms. The van der Waals surface area contributed by atoms with Crippen LogP contribution in [0, 0.1) is 5.92 Å². The number of rotatable bonds is 6. The van der Waals surface area contributed by atoms with Crippen LogP contribution < -0.4 is 4.74 Å². The van der Waals surface area contributed by atoms with Gasteiger partial charge in [0, 0.05) is 51.2 Å². The molecular formula is C32H47N5O4. The van der Waals surface area contributed by atoms with E-state index < -0.39 is 5.60 Å². The monoisotopic (exact) mass is 565 g/mol. The lowest BCUT2D eigenvalue weighted by Crippen LogP contribution is -2.48. The van der Waals surface area contributed by atoms with Crippen molar-refractivity contribution in [3.63, 3.8) is 0 Å². The maximum absolute atomic E-state index is 12.5. The molecule has 2 aromatic rings. The van der Waals surface area contributed by atoms with E-state index in [0.29, 0.717) is 30.8 Å². The molecule has 1 aromatic carbocycles. The Kier molecular flexibility index (Phi) is 8.35. The lowest BCUT2D eigenvalue weighted by Gasteiger charge is -2.38. The van der Waals surface area contributed by atoms with Crippen molar-refractivity contribution < 1.29 is 19.1 Å². The molecule has 2 fully saturated rings. The second-order valence-electron chi connectivity index (χ2n) is 13.5. The molecule has 1 aliphatic carbocycles. The maximum atomic E-state index is 12.5. The van der Waals surface area contributed by atoms with Crippen LogP contribution in [0.1, 0.15) is 122 Å². The number of oxime groups is 1. The van der Waals surface area contributed by atoms with Gasteiger partial charge in [-0.1, -0.05) is 31.1 Å². The summed E-state index contributed by atoms with van der Waals surface area (Å²) in [5.41, 5.74) is 1.70. The molecular weight excluding hydrogens is 518 g/mol. The first-order valence-corrected chi connectivity index (χ1v) is 15.3. The quantitative estimate of drug-likeness (QED) is 0.378. The Labute approximate surface area is 244 Å². The summed E-state index contributed by atoms with van der Waals surface area (Å²) in [6, 6.07) is 8.30. The molecule has 41 heavy (non-hydrogen) atoms. The van der Waals surface area contributed by atoms with Crippen molar-refractivity contribution >= 4 is 11.8 Å². The third-order valence-electron chi connectivity index (χ3n) is 8.89. The van der Waals surface area contributed by atoms with Crippen LogP contribution in [0.3, 0.4) is 0 Å². The maximum Gasteiger partial charge on any atom is 0.410 e. The highest BCUT2D eigenvalue weighted by Gasteiger charge is 2.45. The van der Waals surface area contributed by atoms with Gasteiger partial charge in [-0.25, -0.2) is 4.79 Å². The zero-order valence-electron chi connectivity index (χ0n) is 25.9. The van der Waals surface area contributed by atoms with Crippen molar-refractivity contribution in [3.8, 4) is 5.75 Å². The molecule has 5 rings (SSSR count). The summed E-state index contributed by atoms with van der Waals surface area (Å²) in [7, 11) is 2.06. The topological polar surface area (TPSA) is 91.1 Å². The lowest BCUT2D eigenvalue weighted by molar-refractivity contribution is -0.0639. The minimum Gasteiger partial charge on any atom is -0.483 e. The first kappa shape index (κ1) is 29.4. The Morgan fingerprint density at radius 2 is 1.73 bits per heavy atom. The highest BCUT2D eigenvalue weighted by atomic mass is 16.7. The molecule has 3 heterocycles. The Bertz CT molecular complexity index is 1250. The first-order valence-electron chi connectivity index (χ1n) is 15.3. The lowest BCUT2D eigenvalue weighted by atomic mass is 9.76. The number of hydrogen-bond acceptors (Lipinski definition) is 7. The first-order chi connectivity index (χ1) is 19.4. The number of aromatic nitrogens is 3. The number of piperidine rings is 1. The van der Waals surface area contributed by atoms with E-state index in [1.165, 1.54) is 11.3 Å². The summed E-state index contributed by atoms with van der Waals surface area (Å²) >= 11 is 0. The van der Waals surface area contributed by atoms with Crippen molar-refractivity contribution in [2.75, 3.05) is 13.1 Å². The Morgan fingerprint density at radius 1 is 1.05 bits per heavy atom. The van der Waals surface area contributed by atoms with E-state index in [0.717, 1.165) is 62.3 Å². The summed E-state index contributed by atoms with van der Waals surface area (Å²) in [5.74, 6) is 4.03. The molecule has 3 aliphatic rings. The van der Waals surface area contributed by atoms with Crippen LogP contribution in [-0.2, 0) is 16.6 Å². The number of benzene rings is 1. The van der Waals surface area contributed by atoms with Gasteiger partial charge in [0.05, 0.1) is 5.71 Å². The molecule has 1 saturated heterocycles. The van der Waals surface area contributed by atoms with E-state index in [1.54, 1.807) is 4.90 Å². The Balaban J connectivity index is 1.12. The number of carbonyl (C=O) groups is 1. The molecule has 9 heteroatoms. The van der Waals surface area contributed by atoms with Gasteiger partial charge in [-0.15, -0.1) is 10.2 Å². The zero-order valence-corrected chi connectivity index (χ0v) is 25.9. The van der Waals surface area contributed by atoms with Gasteiger partial charge in [-0.05, 0) is 77.0 Å². The van der Waals surface area contributed by atoms with Gasteiger partial charge in [0.2, 0.25) is 0 Å². The normalized spacial score (nSPS) is 23.3. The molecule has 1 aromatic heterocycles. The SMILES string of the molecule is CC(C)c1cccc(OC(C)c2nnc(C3CCC(C4=NOC5(CCN(C(=O)OC(C)(C)C)CC5)C4)CC3)n2C)c1. The molecule has 1 unspecified atom stereocenters. The Morgan fingerprint density at radius 3 is 2.39 bits per heavy atom. The van der Waals surface area contributed by atoms with Gasteiger partial charge in [0.1, 0.15) is 22.8 Å². The van der Waals surface area contributed by atoms with Gasteiger partial charge in [-0.3, -0.25) is 0 Å². The number of carbonyl (C=O) groups excluding carboxylic acids is 1. The summed E-state index contributed by atoms with van der Waals surface area (Å²) in [6.07, 6.45) is 6.27. The number of amides is 1. The average Bonchev–Trinajstić information content (AvgIpc) is 3.52. The summed E-state index contributed by atoms with van der Waals surface area (Å²) < 4.78 is 14.0. The predicted octanol–water partition coefficient (Wildman–Crippen LogP) is 6.90. The Hall–Kier alpha value is -3.10. The largest absolute Gasteiger partial charge is 0.483 e. The fraction of sp³-hybridized carbons (Fsp3) is 0.688. The smallest absolute Gasteiger partial charge is 0.410 e. The summed E-state index contributed by atoms with van der Waals surface area (Å²) in [5, 5.41) is 13.8. The van der Waals surface area contributed by atoms with E-state index in [2.05, 4.69) is 52.9 Å². The van der Waals surface area contributed by atoms with E-state index in [1.807, 2.05) is 39.8 Å². The summed E-state index contributed by atoms with van der Waals surface area (Å²) in [4.78, 5) is 20.3.